The third kappa shape index (κ3) is 3.97. The molecular weight excluding hydrogens is 402 g/mol. The summed E-state index contributed by atoms with van der Waals surface area (Å²) in [6, 6.07) is 18.4. The Morgan fingerprint density at radius 2 is 1.83 bits per heavy atom. The minimum absolute atomic E-state index is 0.0334. The zero-order chi connectivity index (χ0) is 21.1. The van der Waals surface area contributed by atoms with Gasteiger partial charge >= 0.3 is 0 Å². The molecule has 0 unspecified atom stereocenters. The Balaban J connectivity index is 1.43. The van der Waals surface area contributed by atoms with Gasteiger partial charge in [-0.15, -0.1) is 0 Å². The Bertz CT molecular complexity index is 1150. The molecular formula is C23H19NO5S. The Morgan fingerprint density at radius 1 is 1.03 bits per heavy atom. The molecule has 1 fully saturated rings. The zero-order valence-corrected chi connectivity index (χ0v) is 17.0. The average molecular weight is 421 g/mol. The van der Waals surface area contributed by atoms with Crippen LogP contribution in [0.1, 0.15) is 5.56 Å². The molecule has 0 aliphatic carbocycles. The van der Waals surface area contributed by atoms with Crippen molar-refractivity contribution in [3.8, 4) is 17.2 Å². The van der Waals surface area contributed by atoms with Gasteiger partial charge in [-0.2, -0.15) is 0 Å². The smallest absolute Gasteiger partial charge is 0.293 e. The fourth-order valence-corrected chi connectivity index (χ4v) is 4.07. The van der Waals surface area contributed by atoms with E-state index in [9.17, 15) is 14.7 Å². The van der Waals surface area contributed by atoms with Crippen LogP contribution in [0.5, 0.6) is 17.2 Å². The Kier molecular flexibility index (Phi) is 5.63. The van der Waals surface area contributed by atoms with E-state index in [4.69, 9.17) is 9.47 Å². The predicted molar refractivity (Wildman–Crippen MR) is 117 cm³/mol. The van der Waals surface area contributed by atoms with Crippen molar-refractivity contribution in [1.29, 1.82) is 0 Å². The number of benzene rings is 3. The second-order valence-electron chi connectivity index (χ2n) is 6.59. The molecule has 0 spiro atoms. The highest BCUT2D eigenvalue weighted by molar-refractivity contribution is 8.18. The van der Waals surface area contributed by atoms with Gasteiger partial charge in [0.15, 0.2) is 11.5 Å². The van der Waals surface area contributed by atoms with E-state index >= 15 is 0 Å². The number of carbonyl (C=O) groups is 2. The van der Waals surface area contributed by atoms with Gasteiger partial charge in [0.2, 0.25) is 0 Å². The number of ether oxygens (including phenoxy) is 2. The molecule has 0 atom stereocenters. The molecule has 152 valence electrons. The van der Waals surface area contributed by atoms with E-state index in [1.807, 2.05) is 42.5 Å². The van der Waals surface area contributed by atoms with E-state index in [2.05, 4.69) is 0 Å². The number of thioether (sulfide) groups is 1. The minimum Gasteiger partial charge on any atom is -0.504 e. The molecule has 0 radical (unpaired) electrons. The number of rotatable bonds is 6. The first-order valence-electron chi connectivity index (χ1n) is 9.30. The van der Waals surface area contributed by atoms with Gasteiger partial charge in [0.05, 0.1) is 18.6 Å². The van der Waals surface area contributed by atoms with Crippen LogP contribution in [0.25, 0.3) is 16.8 Å². The number of nitrogens with zero attached hydrogens (tertiary/aromatic N) is 1. The number of imide groups is 1. The predicted octanol–water partition coefficient (Wildman–Crippen LogP) is 4.67. The number of amides is 2. The molecule has 0 aromatic heterocycles. The normalized spacial score (nSPS) is 15.2. The lowest BCUT2D eigenvalue weighted by Gasteiger charge is -2.14. The summed E-state index contributed by atoms with van der Waals surface area (Å²) in [5, 5.41) is 11.6. The number of phenols is 1. The van der Waals surface area contributed by atoms with Crippen molar-refractivity contribution in [2.24, 2.45) is 0 Å². The number of hydrogen-bond acceptors (Lipinski definition) is 6. The van der Waals surface area contributed by atoms with Crippen LogP contribution < -0.4 is 9.47 Å². The third-order valence-electron chi connectivity index (χ3n) is 4.70. The highest BCUT2D eigenvalue weighted by Gasteiger charge is 2.34. The number of carbonyl (C=O) groups excluding carboxylic acids is 2. The minimum atomic E-state index is -0.373. The van der Waals surface area contributed by atoms with Crippen LogP contribution in [0, 0.1) is 0 Å². The van der Waals surface area contributed by atoms with E-state index in [-0.39, 0.29) is 30.0 Å². The number of aromatic hydroxyl groups is 1. The van der Waals surface area contributed by atoms with Gasteiger partial charge in [0, 0.05) is 5.39 Å². The monoisotopic (exact) mass is 421 g/mol. The summed E-state index contributed by atoms with van der Waals surface area (Å²) in [6.07, 6.45) is 1.58. The van der Waals surface area contributed by atoms with Crippen LogP contribution in [0.2, 0.25) is 0 Å². The summed E-state index contributed by atoms with van der Waals surface area (Å²) < 4.78 is 10.9. The third-order valence-corrected chi connectivity index (χ3v) is 5.60. The number of hydrogen-bond donors (Lipinski definition) is 1. The summed E-state index contributed by atoms with van der Waals surface area (Å²) in [7, 11) is 1.46. The standard InChI is InChI=1S/C23H19NO5S/c1-28-20-10-9-15(13-18(20)25)14-21-22(26)24(23(27)30-21)11-12-29-19-8-4-6-16-5-2-3-7-17(16)19/h2-10,13-14,25H,11-12H2,1H3/b21-14-. The number of fused-ring (bicyclic) bond motifs is 1. The van der Waals surface area contributed by atoms with E-state index in [0.29, 0.717) is 22.0 Å². The van der Waals surface area contributed by atoms with Crippen LogP contribution >= 0.6 is 11.8 Å². The Labute approximate surface area is 177 Å². The molecule has 0 bridgehead atoms. The summed E-state index contributed by atoms with van der Waals surface area (Å²) in [5.74, 6) is 0.644. The highest BCUT2D eigenvalue weighted by atomic mass is 32.2. The van der Waals surface area contributed by atoms with E-state index < -0.39 is 0 Å². The van der Waals surface area contributed by atoms with Gasteiger partial charge in [0.25, 0.3) is 11.1 Å². The second kappa shape index (κ2) is 8.51. The van der Waals surface area contributed by atoms with Crippen molar-refractivity contribution in [1.82, 2.24) is 4.90 Å². The lowest BCUT2D eigenvalue weighted by molar-refractivity contribution is -0.123. The van der Waals surface area contributed by atoms with Crippen LogP contribution in [0.3, 0.4) is 0 Å². The van der Waals surface area contributed by atoms with Crippen LogP contribution in [-0.2, 0) is 4.79 Å². The zero-order valence-electron chi connectivity index (χ0n) is 16.2. The Hall–Kier alpha value is -3.45. The largest absolute Gasteiger partial charge is 0.504 e. The molecule has 3 aromatic carbocycles. The summed E-state index contributed by atoms with van der Waals surface area (Å²) in [4.78, 5) is 26.4. The molecule has 1 heterocycles. The van der Waals surface area contributed by atoms with E-state index in [0.717, 1.165) is 22.5 Å². The molecule has 1 N–H and O–H groups in total. The SMILES string of the molecule is COc1ccc(/C=C2\SC(=O)N(CCOc3cccc4ccccc34)C2=O)cc1O. The molecule has 1 aliphatic heterocycles. The lowest BCUT2D eigenvalue weighted by Crippen LogP contribution is -2.32. The van der Waals surface area contributed by atoms with Crippen molar-refractivity contribution < 1.29 is 24.2 Å². The van der Waals surface area contributed by atoms with Crippen LogP contribution in [-0.4, -0.2) is 41.4 Å². The molecule has 2 amide bonds. The molecule has 1 aliphatic rings. The van der Waals surface area contributed by atoms with E-state index in [1.54, 1.807) is 18.2 Å². The van der Waals surface area contributed by atoms with Crippen molar-refractivity contribution in [2.45, 2.75) is 0 Å². The van der Waals surface area contributed by atoms with Crippen molar-refractivity contribution in [3.05, 3.63) is 71.1 Å². The van der Waals surface area contributed by atoms with Gasteiger partial charge in [-0.05, 0) is 47.0 Å². The van der Waals surface area contributed by atoms with E-state index in [1.165, 1.54) is 18.1 Å². The maximum Gasteiger partial charge on any atom is 0.293 e. The quantitative estimate of drug-likeness (QED) is 0.583. The number of methoxy groups -OCH3 is 1. The van der Waals surface area contributed by atoms with Gasteiger partial charge in [-0.25, -0.2) is 0 Å². The molecule has 1 saturated heterocycles. The summed E-state index contributed by atoms with van der Waals surface area (Å²) >= 11 is 0.871. The van der Waals surface area contributed by atoms with Gasteiger partial charge in [-0.3, -0.25) is 14.5 Å². The van der Waals surface area contributed by atoms with Gasteiger partial charge in [-0.1, -0.05) is 42.5 Å². The topological polar surface area (TPSA) is 76.1 Å². The lowest BCUT2D eigenvalue weighted by atomic mass is 10.1. The van der Waals surface area contributed by atoms with Crippen LogP contribution in [0.15, 0.2) is 65.6 Å². The first-order valence-corrected chi connectivity index (χ1v) is 10.1. The molecule has 7 heteroatoms. The van der Waals surface area contributed by atoms with Crippen molar-refractivity contribution >= 4 is 39.8 Å². The highest BCUT2D eigenvalue weighted by Crippen LogP contribution is 2.34. The summed E-state index contributed by atoms with van der Waals surface area (Å²) in [5.41, 5.74) is 0.603. The summed E-state index contributed by atoms with van der Waals surface area (Å²) in [6.45, 7) is 0.349. The van der Waals surface area contributed by atoms with Gasteiger partial charge < -0.3 is 14.6 Å². The first kappa shape index (κ1) is 19.8. The number of phenolic OH excluding ortho intramolecular Hbond substituents is 1. The van der Waals surface area contributed by atoms with Crippen LogP contribution in [0.4, 0.5) is 4.79 Å². The maximum atomic E-state index is 12.7. The molecule has 3 aromatic rings. The average Bonchev–Trinajstić information content (AvgIpc) is 3.01. The second-order valence-corrected chi connectivity index (χ2v) is 7.58. The molecule has 6 nitrogen and oxygen atoms in total. The fraction of sp³-hybridized carbons (Fsp3) is 0.130. The Morgan fingerprint density at radius 3 is 2.63 bits per heavy atom. The maximum absolute atomic E-state index is 12.7. The van der Waals surface area contributed by atoms with Crippen molar-refractivity contribution in [2.75, 3.05) is 20.3 Å². The fourth-order valence-electron chi connectivity index (χ4n) is 3.21. The van der Waals surface area contributed by atoms with Gasteiger partial charge in [0.1, 0.15) is 12.4 Å². The molecule has 30 heavy (non-hydrogen) atoms. The molecule has 4 rings (SSSR count). The first-order chi connectivity index (χ1) is 14.6. The van der Waals surface area contributed by atoms with Crippen molar-refractivity contribution in [3.63, 3.8) is 0 Å². The molecule has 0 saturated carbocycles.